The Labute approximate surface area is 207 Å². The summed E-state index contributed by atoms with van der Waals surface area (Å²) in [6.45, 7) is 2.14. The Morgan fingerprint density at radius 3 is 2.34 bits per heavy atom. The van der Waals surface area contributed by atoms with E-state index in [-0.39, 0.29) is 22.3 Å². The van der Waals surface area contributed by atoms with Crippen LogP contribution in [0, 0.1) is 5.82 Å². The van der Waals surface area contributed by atoms with E-state index >= 15 is 0 Å². The van der Waals surface area contributed by atoms with Gasteiger partial charge in [-0.25, -0.2) is 9.29 Å². The van der Waals surface area contributed by atoms with Crippen LogP contribution in [-0.2, 0) is 16.0 Å². The summed E-state index contributed by atoms with van der Waals surface area (Å²) in [7, 11) is 0. The standard InChI is InChI=1S/C27H23ClFN3O3/c1-2-3-5-17-8-12-20(13-9-17)31-25(33)18-6-4-7-21(16-18)30-24-23(28)26(34)32(27(24)35)22-14-10-19(29)11-15-22/h4,6-16,30H,2-3,5H2,1H3,(H,31,33). The molecule has 0 aliphatic carbocycles. The number of anilines is 3. The fraction of sp³-hybridized carbons (Fsp3) is 0.148. The molecule has 0 saturated heterocycles. The van der Waals surface area contributed by atoms with Crippen molar-refractivity contribution in [3.05, 3.63) is 100 Å². The van der Waals surface area contributed by atoms with Crippen LogP contribution < -0.4 is 15.5 Å². The number of hydrogen-bond donors (Lipinski definition) is 2. The fourth-order valence-corrected chi connectivity index (χ4v) is 3.87. The molecule has 8 heteroatoms. The zero-order valence-electron chi connectivity index (χ0n) is 19.0. The highest BCUT2D eigenvalue weighted by molar-refractivity contribution is 6.53. The highest BCUT2D eigenvalue weighted by Gasteiger charge is 2.39. The van der Waals surface area contributed by atoms with Gasteiger partial charge in [0, 0.05) is 16.9 Å². The van der Waals surface area contributed by atoms with Gasteiger partial charge in [0.1, 0.15) is 16.5 Å². The van der Waals surface area contributed by atoms with Crippen molar-refractivity contribution in [3.8, 4) is 0 Å². The number of nitrogens with zero attached hydrogens (tertiary/aromatic N) is 1. The van der Waals surface area contributed by atoms with Crippen LogP contribution in [0.4, 0.5) is 21.5 Å². The lowest BCUT2D eigenvalue weighted by atomic mass is 10.1. The van der Waals surface area contributed by atoms with E-state index in [0.717, 1.165) is 36.3 Å². The number of aryl methyl sites for hydroxylation is 1. The SMILES string of the molecule is CCCCc1ccc(NC(=O)c2cccc(NC3=C(Cl)C(=O)N(c4ccc(F)cc4)C3=O)c2)cc1. The normalized spacial score (nSPS) is 13.4. The van der Waals surface area contributed by atoms with E-state index in [9.17, 15) is 18.8 Å². The molecule has 1 heterocycles. The highest BCUT2D eigenvalue weighted by Crippen LogP contribution is 2.30. The number of carbonyl (C=O) groups is 3. The third-order valence-electron chi connectivity index (χ3n) is 5.54. The third kappa shape index (κ3) is 5.41. The number of amides is 3. The van der Waals surface area contributed by atoms with Gasteiger partial charge in [0.05, 0.1) is 5.69 Å². The molecule has 3 aromatic carbocycles. The number of benzene rings is 3. The number of hydrogen-bond acceptors (Lipinski definition) is 4. The minimum absolute atomic E-state index is 0.124. The van der Waals surface area contributed by atoms with E-state index in [1.54, 1.807) is 24.3 Å². The molecule has 0 spiro atoms. The van der Waals surface area contributed by atoms with Gasteiger partial charge in [-0.05, 0) is 73.0 Å². The lowest BCUT2D eigenvalue weighted by Gasteiger charge is -2.15. The Morgan fingerprint density at radius 2 is 1.66 bits per heavy atom. The summed E-state index contributed by atoms with van der Waals surface area (Å²) in [5.74, 6) is -2.21. The number of unbranched alkanes of at least 4 members (excludes halogenated alkanes) is 1. The van der Waals surface area contributed by atoms with Crippen LogP contribution in [0.1, 0.15) is 35.7 Å². The van der Waals surface area contributed by atoms with Crippen LogP contribution in [0.2, 0.25) is 0 Å². The van der Waals surface area contributed by atoms with Gasteiger partial charge in [-0.2, -0.15) is 0 Å². The van der Waals surface area contributed by atoms with E-state index < -0.39 is 17.6 Å². The number of nitrogens with one attached hydrogen (secondary N) is 2. The van der Waals surface area contributed by atoms with Crippen LogP contribution in [0.25, 0.3) is 0 Å². The highest BCUT2D eigenvalue weighted by atomic mass is 35.5. The number of imide groups is 1. The van der Waals surface area contributed by atoms with Gasteiger partial charge >= 0.3 is 0 Å². The van der Waals surface area contributed by atoms with Gasteiger partial charge in [0.25, 0.3) is 17.7 Å². The van der Waals surface area contributed by atoms with Gasteiger partial charge in [-0.1, -0.05) is 43.1 Å². The maximum absolute atomic E-state index is 13.2. The first-order valence-corrected chi connectivity index (χ1v) is 11.6. The minimum Gasteiger partial charge on any atom is -0.350 e. The fourth-order valence-electron chi connectivity index (χ4n) is 3.66. The van der Waals surface area contributed by atoms with Crippen molar-refractivity contribution >= 4 is 46.4 Å². The second-order valence-electron chi connectivity index (χ2n) is 8.07. The molecule has 1 aliphatic heterocycles. The summed E-state index contributed by atoms with van der Waals surface area (Å²) in [5.41, 5.74) is 2.72. The molecule has 6 nitrogen and oxygen atoms in total. The largest absolute Gasteiger partial charge is 0.350 e. The Bertz CT molecular complexity index is 1300. The number of halogens is 2. The van der Waals surface area contributed by atoms with Crippen molar-refractivity contribution < 1.29 is 18.8 Å². The van der Waals surface area contributed by atoms with Crippen molar-refractivity contribution in [2.24, 2.45) is 0 Å². The first-order chi connectivity index (χ1) is 16.9. The van der Waals surface area contributed by atoms with E-state index in [2.05, 4.69) is 17.6 Å². The zero-order chi connectivity index (χ0) is 24.9. The maximum Gasteiger partial charge on any atom is 0.283 e. The molecule has 0 saturated carbocycles. The molecule has 0 fully saturated rings. The smallest absolute Gasteiger partial charge is 0.283 e. The Hall–Kier alpha value is -3.97. The monoisotopic (exact) mass is 491 g/mol. The molecule has 0 atom stereocenters. The van der Waals surface area contributed by atoms with Crippen LogP contribution in [0.5, 0.6) is 0 Å². The lowest BCUT2D eigenvalue weighted by molar-refractivity contribution is -0.120. The molecule has 0 radical (unpaired) electrons. The summed E-state index contributed by atoms with van der Waals surface area (Å²) in [4.78, 5) is 39.1. The van der Waals surface area contributed by atoms with E-state index in [1.807, 2.05) is 24.3 Å². The molecule has 35 heavy (non-hydrogen) atoms. The molecule has 2 N–H and O–H groups in total. The second-order valence-corrected chi connectivity index (χ2v) is 8.45. The molecule has 3 aromatic rings. The van der Waals surface area contributed by atoms with Crippen LogP contribution in [-0.4, -0.2) is 17.7 Å². The lowest BCUT2D eigenvalue weighted by Crippen LogP contribution is -2.32. The number of carbonyl (C=O) groups excluding carboxylic acids is 3. The van der Waals surface area contributed by atoms with Crippen LogP contribution in [0.15, 0.2) is 83.5 Å². The van der Waals surface area contributed by atoms with Gasteiger partial charge in [0.15, 0.2) is 0 Å². The molecular formula is C27H23ClFN3O3. The molecule has 0 bridgehead atoms. The topological polar surface area (TPSA) is 78.5 Å². The molecule has 3 amide bonds. The molecule has 178 valence electrons. The molecular weight excluding hydrogens is 469 g/mol. The molecule has 1 aliphatic rings. The van der Waals surface area contributed by atoms with Crippen LogP contribution in [0.3, 0.4) is 0 Å². The van der Waals surface area contributed by atoms with E-state index in [4.69, 9.17) is 11.6 Å². The Kier molecular flexibility index (Phi) is 7.27. The zero-order valence-corrected chi connectivity index (χ0v) is 19.7. The quantitative estimate of drug-likeness (QED) is 0.387. The van der Waals surface area contributed by atoms with Crippen molar-refractivity contribution in [3.63, 3.8) is 0 Å². The molecule has 0 unspecified atom stereocenters. The summed E-state index contributed by atoms with van der Waals surface area (Å²) < 4.78 is 13.2. The third-order valence-corrected chi connectivity index (χ3v) is 5.89. The van der Waals surface area contributed by atoms with Gasteiger partial charge in [0.2, 0.25) is 0 Å². The van der Waals surface area contributed by atoms with Crippen molar-refractivity contribution in [2.75, 3.05) is 15.5 Å². The minimum atomic E-state index is -0.720. The molecule has 4 rings (SSSR count). The average molecular weight is 492 g/mol. The van der Waals surface area contributed by atoms with Gasteiger partial charge in [-0.15, -0.1) is 0 Å². The predicted molar refractivity (Wildman–Crippen MR) is 135 cm³/mol. The second kappa shape index (κ2) is 10.5. The maximum atomic E-state index is 13.2. The van der Waals surface area contributed by atoms with Gasteiger partial charge in [-0.3, -0.25) is 14.4 Å². The first kappa shape index (κ1) is 24.2. The first-order valence-electron chi connectivity index (χ1n) is 11.2. The summed E-state index contributed by atoms with van der Waals surface area (Å²) in [5, 5.41) is 5.41. The van der Waals surface area contributed by atoms with Crippen molar-refractivity contribution in [2.45, 2.75) is 26.2 Å². The number of rotatable bonds is 8. The average Bonchev–Trinajstić information content (AvgIpc) is 3.07. The van der Waals surface area contributed by atoms with Crippen molar-refractivity contribution in [1.29, 1.82) is 0 Å². The Morgan fingerprint density at radius 1 is 0.943 bits per heavy atom. The summed E-state index contributed by atoms with van der Waals surface area (Å²) in [6, 6.07) is 19.1. The summed E-state index contributed by atoms with van der Waals surface area (Å²) in [6.07, 6.45) is 3.23. The van der Waals surface area contributed by atoms with Crippen molar-refractivity contribution in [1.82, 2.24) is 0 Å². The van der Waals surface area contributed by atoms with Gasteiger partial charge < -0.3 is 10.6 Å². The predicted octanol–water partition coefficient (Wildman–Crippen LogP) is 5.86. The Balaban J connectivity index is 1.47. The molecule has 0 aromatic heterocycles. The summed E-state index contributed by atoms with van der Waals surface area (Å²) >= 11 is 6.16. The van der Waals surface area contributed by atoms with E-state index in [1.165, 1.54) is 17.7 Å². The van der Waals surface area contributed by atoms with Crippen LogP contribution >= 0.6 is 11.6 Å². The van der Waals surface area contributed by atoms with E-state index in [0.29, 0.717) is 16.9 Å².